The standard InChI is InChI=1S/C35H38ClFN8O3/c1-20-24(5-4-8-27(20)44-34-33(37)21(13-14-40-34)15-38-16-22-9-11-30(46)42-22)25-6-3-7-26(32(25)36)28-19-41-29(35(45-28)48-2)18-39-17-23-10-12-31(47)43-23/h3-8,13-14,19,22-23,38-39H,9-12,15-18H2,1-2H3,(H,40,44)(H,42,46)(H,43,47)/t22-,23-/m0/s1. The van der Waals surface area contributed by atoms with E-state index in [1.54, 1.807) is 25.6 Å². The quantitative estimate of drug-likeness (QED) is 0.135. The number of anilines is 2. The van der Waals surface area contributed by atoms with Crippen LogP contribution in [0.2, 0.25) is 5.02 Å². The summed E-state index contributed by atoms with van der Waals surface area (Å²) in [4.78, 5) is 36.5. The average Bonchev–Trinajstić information content (AvgIpc) is 3.70. The second kappa shape index (κ2) is 15.1. The third-order valence-corrected chi connectivity index (χ3v) is 9.09. The summed E-state index contributed by atoms with van der Waals surface area (Å²) in [5.41, 5.74) is 5.57. The molecule has 2 atom stereocenters. The maximum atomic E-state index is 15.5. The number of nitrogens with zero attached hydrogens (tertiary/aromatic N) is 3. The fraction of sp³-hybridized carbons (Fsp3) is 0.343. The van der Waals surface area contributed by atoms with E-state index >= 15 is 4.39 Å². The number of nitrogens with one attached hydrogen (secondary N) is 5. The number of benzene rings is 2. The Morgan fingerprint density at radius 1 is 0.917 bits per heavy atom. The van der Waals surface area contributed by atoms with E-state index in [4.69, 9.17) is 21.3 Å². The molecular formula is C35H38ClFN8O3. The highest BCUT2D eigenvalue weighted by atomic mass is 35.5. The summed E-state index contributed by atoms with van der Waals surface area (Å²) in [7, 11) is 1.55. The number of halogens is 2. The minimum Gasteiger partial charge on any atom is -0.480 e. The van der Waals surface area contributed by atoms with Gasteiger partial charge in [0.05, 0.1) is 24.0 Å². The molecule has 2 aromatic carbocycles. The fourth-order valence-corrected chi connectivity index (χ4v) is 6.38. The minimum atomic E-state index is -0.443. The van der Waals surface area contributed by atoms with Crippen LogP contribution in [0.1, 0.15) is 42.5 Å². The number of amides is 2. The Morgan fingerprint density at radius 2 is 1.58 bits per heavy atom. The SMILES string of the molecule is COc1nc(-c2cccc(-c3cccc(Nc4nccc(CNC[C@@H]5CCC(=O)N5)c4F)c3C)c2Cl)cnc1CNC[C@@H]1CCC(=O)N1. The van der Waals surface area contributed by atoms with E-state index in [9.17, 15) is 9.59 Å². The molecule has 0 bridgehead atoms. The van der Waals surface area contributed by atoms with Gasteiger partial charge in [-0.25, -0.2) is 14.4 Å². The van der Waals surface area contributed by atoms with Crippen molar-refractivity contribution in [2.45, 2.75) is 57.8 Å². The lowest BCUT2D eigenvalue weighted by molar-refractivity contribution is -0.120. The van der Waals surface area contributed by atoms with Crippen molar-refractivity contribution < 1.29 is 18.7 Å². The lowest BCUT2D eigenvalue weighted by Gasteiger charge is -2.17. The zero-order valence-corrected chi connectivity index (χ0v) is 27.6. The zero-order chi connectivity index (χ0) is 33.6. The monoisotopic (exact) mass is 672 g/mol. The van der Waals surface area contributed by atoms with Crippen LogP contribution >= 0.6 is 11.6 Å². The first-order valence-electron chi connectivity index (χ1n) is 16.0. The minimum absolute atomic E-state index is 0.0505. The molecule has 13 heteroatoms. The summed E-state index contributed by atoms with van der Waals surface area (Å²) in [6.07, 6.45) is 5.91. The van der Waals surface area contributed by atoms with Gasteiger partial charge in [-0.2, -0.15) is 0 Å². The van der Waals surface area contributed by atoms with Gasteiger partial charge in [-0.3, -0.25) is 14.6 Å². The third kappa shape index (κ3) is 7.56. The van der Waals surface area contributed by atoms with Gasteiger partial charge in [0.2, 0.25) is 17.7 Å². The molecule has 2 amide bonds. The maximum absolute atomic E-state index is 15.5. The molecule has 4 heterocycles. The highest BCUT2D eigenvalue weighted by Gasteiger charge is 2.22. The number of carbonyl (C=O) groups excluding carboxylic acids is 2. The molecule has 0 spiro atoms. The first kappa shape index (κ1) is 33.3. The van der Waals surface area contributed by atoms with Gasteiger partial charge in [0.25, 0.3) is 0 Å². The fourth-order valence-electron chi connectivity index (χ4n) is 6.05. The van der Waals surface area contributed by atoms with Crippen LogP contribution in [0.15, 0.2) is 54.9 Å². The van der Waals surface area contributed by atoms with Gasteiger partial charge in [0.15, 0.2) is 11.6 Å². The van der Waals surface area contributed by atoms with Crippen molar-refractivity contribution in [2.75, 3.05) is 25.5 Å². The molecule has 11 nitrogen and oxygen atoms in total. The molecule has 2 aliphatic heterocycles. The Bertz CT molecular complexity index is 1820. The van der Waals surface area contributed by atoms with Crippen LogP contribution in [0, 0.1) is 12.7 Å². The van der Waals surface area contributed by atoms with Crippen molar-refractivity contribution in [1.29, 1.82) is 0 Å². The van der Waals surface area contributed by atoms with Gasteiger partial charge in [0, 0.05) is 79.7 Å². The summed E-state index contributed by atoms with van der Waals surface area (Å²) >= 11 is 7.04. The van der Waals surface area contributed by atoms with Crippen LogP contribution in [0.4, 0.5) is 15.9 Å². The molecule has 6 rings (SSSR count). The summed E-state index contributed by atoms with van der Waals surface area (Å²) in [5.74, 6) is 0.191. The van der Waals surface area contributed by atoms with Crippen molar-refractivity contribution >= 4 is 34.9 Å². The van der Waals surface area contributed by atoms with Crippen molar-refractivity contribution in [3.05, 3.63) is 82.5 Å². The largest absolute Gasteiger partial charge is 0.480 e. The molecule has 2 aromatic heterocycles. The van der Waals surface area contributed by atoms with Crippen LogP contribution in [-0.2, 0) is 22.7 Å². The van der Waals surface area contributed by atoms with Crippen LogP contribution in [0.3, 0.4) is 0 Å². The second-order valence-corrected chi connectivity index (χ2v) is 12.4. The summed E-state index contributed by atoms with van der Waals surface area (Å²) in [6, 6.07) is 13.3. The maximum Gasteiger partial charge on any atom is 0.237 e. The van der Waals surface area contributed by atoms with Gasteiger partial charge in [-0.1, -0.05) is 41.9 Å². The number of aromatic nitrogens is 3. The number of methoxy groups -OCH3 is 1. The first-order chi connectivity index (χ1) is 23.3. The molecule has 4 aromatic rings. The first-order valence-corrected chi connectivity index (χ1v) is 16.4. The van der Waals surface area contributed by atoms with Crippen molar-refractivity contribution in [2.24, 2.45) is 0 Å². The van der Waals surface area contributed by atoms with E-state index in [1.165, 1.54) is 0 Å². The molecule has 5 N–H and O–H groups in total. The Kier molecular flexibility index (Phi) is 10.4. The Hall–Kier alpha value is -4.65. The number of pyridine rings is 1. The molecule has 0 radical (unpaired) electrons. The number of carbonyl (C=O) groups is 2. The van der Waals surface area contributed by atoms with Gasteiger partial charge < -0.3 is 31.3 Å². The number of hydrogen-bond donors (Lipinski definition) is 5. The van der Waals surface area contributed by atoms with Crippen molar-refractivity contribution in [1.82, 2.24) is 36.2 Å². The van der Waals surface area contributed by atoms with Crippen LogP contribution in [0.25, 0.3) is 22.4 Å². The number of rotatable bonds is 13. The smallest absolute Gasteiger partial charge is 0.237 e. The van der Waals surface area contributed by atoms with Gasteiger partial charge in [0.1, 0.15) is 5.69 Å². The lowest BCUT2D eigenvalue weighted by Crippen LogP contribution is -2.35. The van der Waals surface area contributed by atoms with E-state index in [2.05, 4.69) is 36.6 Å². The van der Waals surface area contributed by atoms with Gasteiger partial charge in [-0.05, 0) is 43.0 Å². The molecular weight excluding hydrogens is 635 g/mol. The topological polar surface area (TPSA) is 142 Å². The van der Waals surface area contributed by atoms with E-state index in [0.717, 1.165) is 29.5 Å². The summed E-state index contributed by atoms with van der Waals surface area (Å²) in [5, 5.41) is 16.1. The predicted molar refractivity (Wildman–Crippen MR) is 182 cm³/mol. The normalized spacial score (nSPS) is 17.3. The van der Waals surface area contributed by atoms with Crippen LogP contribution < -0.4 is 31.3 Å². The zero-order valence-electron chi connectivity index (χ0n) is 26.8. The number of ether oxygens (including phenoxy) is 1. The summed E-state index contributed by atoms with van der Waals surface area (Å²) in [6.45, 7) is 3.89. The van der Waals surface area contributed by atoms with Gasteiger partial charge in [-0.15, -0.1) is 0 Å². The molecule has 2 fully saturated rings. The Balaban J connectivity index is 1.17. The van der Waals surface area contributed by atoms with Gasteiger partial charge >= 0.3 is 0 Å². The van der Waals surface area contributed by atoms with Crippen LogP contribution in [-0.4, -0.2) is 59.0 Å². The molecule has 48 heavy (non-hydrogen) atoms. The summed E-state index contributed by atoms with van der Waals surface area (Å²) < 4.78 is 21.1. The van der Waals surface area contributed by atoms with Crippen LogP contribution in [0.5, 0.6) is 5.88 Å². The van der Waals surface area contributed by atoms with E-state index in [0.29, 0.717) is 78.1 Å². The van der Waals surface area contributed by atoms with E-state index in [1.807, 2.05) is 43.3 Å². The van der Waals surface area contributed by atoms with E-state index < -0.39 is 5.82 Å². The van der Waals surface area contributed by atoms with E-state index in [-0.39, 0.29) is 29.7 Å². The molecule has 0 unspecified atom stereocenters. The molecule has 2 aliphatic rings. The highest BCUT2D eigenvalue weighted by Crippen LogP contribution is 2.39. The molecule has 2 saturated heterocycles. The Labute approximate surface area is 283 Å². The second-order valence-electron chi connectivity index (χ2n) is 12.0. The number of hydrogen-bond acceptors (Lipinski definition) is 9. The van der Waals surface area contributed by atoms with Crippen molar-refractivity contribution in [3.63, 3.8) is 0 Å². The molecule has 0 saturated carbocycles. The Morgan fingerprint density at radius 3 is 2.27 bits per heavy atom. The molecule has 0 aliphatic carbocycles. The highest BCUT2D eigenvalue weighted by molar-refractivity contribution is 6.36. The lowest BCUT2D eigenvalue weighted by atomic mass is 9.96. The predicted octanol–water partition coefficient (Wildman–Crippen LogP) is 4.80. The molecule has 250 valence electrons. The third-order valence-electron chi connectivity index (χ3n) is 8.69. The van der Waals surface area contributed by atoms with Crippen molar-refractivity contribution in [3.8, 4) is 28.3 Å². The average molecular weight is 673 g/mol.